The second kappa shape index (κ2) is 13.4. The molecule has 0 spiro atoms. The minimum absolute atomic E-state index is 0.811. The Hall–Kier alpha value is -5.86. The van der Waals surface area contributed by atoms with Crippen molar-refractivity contribution in [2.75, 3.05) is 4.90 Å². The summed E-state index contributed by atoms with van der Waals surface area (Å²) in [6.45, 7) is 4.53. The standard InChI is InChI=1S/C50H43NO/c1-3-4-5-8-16-36-25-27-37(28-26-36)50(38-29-31-41(32-30-38)51(39-17-9-6-10-18-39)40-19-11-7-12-20-40)34-33-42-35(2)47-44-22-14-13-21-43(44)45-23-15-24-46(48(45)47)49(42)52-50/h6-7,9-15,17-34H,3-5,8,16H2,1-2H3. The third-order valence-corrected chi connectivity index (χ3v) is 11.1. The number of fused-ring (bicyclic) bond motifs is 5. The van der Waals surface area contributed by atoms with Gasteiger partial charge in [-0.15, -0.1) is 0 Å². The van der Waals surface area contributed by atoms with Gasteiger partial charge in [-0.1, -0.05) is 148 Å². The van der Waals surface area contributed by atoms with Gasteiger partial charge in [0.2, 0.25) is 0 Å². The molecular formula is C50H43NO. The zero-order valence-corrected chi connectivity index (χ0v) is 30.0. The summed E-state index contributed by atoms with van der Waals surface area (Å²) >= 11 is 0. The van der Waals surface area contributed by atoms with E-state index in [1.165, 1.54) is 69.8 Å². The molecule has 0 radical (unpaired) electrons. The first-order chi connectivity index (χ1) is 25.7. The molecule has 1 atom stereocenters. The predicted molar refractivity (Wildman–Crippen MR) is 219 cm³/mol. The van der Waals surface area contributed by atoms with Gasteiger partial charge < -0.3 is 9.64 Å². The molecule has 0 saturated carbocycles. The van der Waals surface area contributed by atoms with Gasteiger partial charge in [-0.3, -0.25) is 0 Å². The second-order valence-electron chi connectivity index (χ2n) is 14.2. The Morgan fingerprint density at radius 1 is 0.558 bits per heavy atom. The first-order valence-electron chi connectivity index (χ1n) is 18.8. The maximum atomic E-state index is 7.54. The molecule has 2 aliphatic rings. The minimum Gasteiger partial charge on any atom is -0.472 e. The normalized spacial score (nSPS) is 15.3. The fourth-order valence-electron chi connectivity index (χ4n) is 8.46. The van der Waals surface area contributed by atoms with Crippen LogP contribution in [0, 0.1) is 6.92 Å². The number of rotatable bonds is 10. The number of nitrogens with zero attached hydrogens (tertiary/aromatic N) is 1. The highest BCUT2D eigenvalue weighted by Crippen LogP contribution is 2.55. The quantitative estimate of drug-likeness (QED) is 0.134. The van der Waals surface area contributed by atoms with E-state index in [2.05, 4.69) is 183 Å². The van der Waals surface area contributed by atoms with E-state index in [9.17, 15) is 0 Å². The van der Waals surface area contributed by atoms with Crippen LogP contribution >= 0.6 is 0 Å². The van der Waals surface area contributed by atoms with Crippen LogP contribution in [0.4, 0.5) is 17.1 Å². The molecule has 0 amide bonds. The number of aryl methyl sites for hydroxylation is 1. The summed E-state index contributed by atoms with van der Waals surface area (Å²) in [5.41, 5.74) is 13.8. The van der Waals surface area contributed by atoms with Gasteiger partial charge in [0.05, 0.1) is 0 Å². The number of benzene rings is 7. The largest absolute Gasteiger partial charge is 0.472 e. The number of ether oxygens (including phenoxy) is 1. The van der Waals surface area contributed by atoms with Gasteiger partial charge in [-0.25, -0.2) is 0 Å². The van der Waals surface area contributed by atoms with Crippen molar-refractivity contribution in [3.63, 3.8) is 0 Å². The van der Waals surface area contributed by atoms with Crippen LogP contribution in [0.25, 0.3) is 39.1 Å². The maximum absolute atomic E-state index is 7.54. The Morgan fingerprint density at radius 2 is 1.15 bits per heavy atom. The minimum atomic E-state index is -0.811. The van der Waals surface area contributed by atoms with Crippen molar-refractivity contribution in [1.29, 1.82) is 0 Å². The van der Waals surface area contributed by atoms with Gasteiger partial charge in [0, 0.05) is 44.5 Å². The summed E-state index contributed by atoms with van der Waals surface area (Å²) in [6, 6.07) is 54.9. The molecule has 7 aromatic carbocycles. The van der Waals surface area contributed by atoms with Crippen molar-refractivity contribution >= 4 is 33.9 Å². The first-order valence-corrected chi connectivity index (χ1v) is 18.8. The van der Waals surface area contributed by atoms with E-state index >= 15 is 0 Å². The van der Waals surface area contributed by atoms with E-state index in [-0.39, 0.29) is 0 Å². The molecule has 0 N–H and O–H groups in total. The highest BCUT2D eigenvalue weighted by Gasteiger charge is 2.39. The number of hydrogen-bond acceptors (Lipinski definition) is 2. The molecule has 2 heteroatoms. The van der Waals surface area contributed by atoms with Gasteiger partial charge >= 0.3 is 0 Å². The number of hydrogen-bond donors (Lipinski definition) is 0. The topological polar surface area (TPSA) is 12.5 Å². The molecule has 0 fully saturated rings. The average Bonchev–Trinajstić information content (AvgIpc) is 3.55. The molecule has 0 saturated heterocycles. The molecule has 1 aliphatic heterocycles. The van der Waals surface area contributed by atoms with Crippen LogP contribution in [0.15, 0.2) is 158 Å². The molecule has 0 aromatic heterocycles. The Labute approximate surface area is 307 Å². The zero-order chi connectivity index (χ0) is 35.1. The van der Waals surface area contributed by atoms with Gasteiger partial charge in [0.15, 0.2) is 5.60 Å². The number of para-hydroxylation sites is 2. The van der Waals surface area contributed by atoms with Crippen molar-refractivity contribution in [1.82, 2.24) is 0 Å². The van der Waals surface area contributed by atoms with Crippen LogP contribution in [-0.4, -0.2) is 0 Å². The van der Waals surface area contributed by atoms with E-state index in [1.54, 1.807) is 0 Å². The van der Waals surface area contributed by atoms with Crippen LogP contribution in [-0.2, 0) is 12.0 Å². The molecular weight excluding hydrogens is 631 g/mol. The Balaban J connectivity index is 1.18. The summed E-state index contributed by atoms with van der Waals surface area (Å²) in [6.07, 6.45) is 10.8. The molecule has 254 valence electrons. The number of unbranched alkanes of at least 4 members (excludes halogenated alkanes) is 3. The van der Waals surface area contributed by atoms with Crippen LogP contribution in [0.2, 0.25) is 0 Å². The third-order valence-electron chi connectivity index (χ3n) is 11.1. The Bertz CT molecular complexity index is 2370. The predicted octanol–water partition coefficient (Wildman–Crippen LogP) is 13.7. The van der Waals surface area contributed by atoms with Crippen LogP contribution in [0.5, 0.6) is 5.75 Å². The summed E-state index contributed by atoms with van der Waals surface area (Å²) < 4.78 is 7.54. The van der Waals surface area contributed by atoms with Gasteiger partial charge in [-0.2, -0.15) is 0 Å². The maximum Gasteiger partial charge on any atom is 0.178 e. The number of anilines is 3. The second-order valence-corrected chi connectivity index (χ2v) is 14.2. The summed E-state index contributed by atoms with van der Waals surface area (Å²) in [4.78, 5) is 2.31. The van der Waals surface area contributed by atoms with E-state index in [0.717, 1.165) is 45.9 Å². The molecule has 0 bridgehead atoms. The third kappa shape index (κ3) is 5.33. The first kappa shape index (κ1) is 32.1. The van der Waals surface area contributed by atoms with Gasteiger partial charge in [0.1, 0.15) is 5.75 Å². The summed E-state index contributed by atoms with van der Waals surface area (Å²) in [7, 11) is 0. The lowest BCUT2D eigenvalue weighted by atomic mass is 9.81. The fourth-order valence-corrected chi connectivity index (χ4v) is 8.46. The highest BCUT2D eigenvalue weighted by atomic mass is 16.5. The zero-order valence-electron chi connectivity index (χ0n) is 30.0. The van der Waals surface area contributed by atoms with Gasteiger partial charge in [-0.05, 0) is 95.6 Å². The fraction of sp³-hybridized carbons (Fsp3) is 0.160. The lowest BCUT2D eigenvalue weighted by Crippen LogP contribution is -2.34. The molecule has 52 heavy (non-hydrogen) atoms. The van der Waals surface area contributed by atoms with Crippen LogP contribution in [0.1, 0.15) is 60.4 Å². The molecule has 1 heterocycles. The Kier molecular flexibility index (Phi) is 8.24. The average molecular weight is 674 g/mol. The van der Waals surface area contributed by atoms with Crippen molar-refractivity contribution in [3.8, 4) is 28.0 Å². The van der Waals surface area contributed by atoms with Crippen LogP contribution < -0.4 is 9.64 Å². The molecule has 2 nitrogen and oxygen atoms in total. The van der Waals surface area contributed by atoms with Gasteiger partial charge in [0.25, 0.3) is 0 Å². The lowest BCUT2D eigenvalue weighted by molar-refractivity contribution is 0.163. The van der Waals surface area contributed by atoms with Crippen molar-refractivity contribution in [2.45, 2.75) is 51.6 Å². The smallest absolute Gasteiger partial charge is 0.178 e. The van der Waals surface area contributed by atoms with Crippen molar-refractivity contribution in [2.24, 2.45) is 0 Å². The molecule has 1 aliphatic carbocycles. The van der Waals surface area contributed by atoms with Crippen molar-refractivity contribution < 1.29 is 4.74 Å². The lowest BCUT2D eigenvalue weighted by Gasteiger charge is -2.38. The van der Waals surface area contributed by atoms with E-state index in [4.69, 9.17) is 4.74 Å². The highest BCUT2D eigenvalue weighted by molar-refractivity contribution is 6.19. The Morgan fingerprint density at radius 3 is 1.83 bits per heavy atom. The van der Waals surface area contributed by atoms with E-state index in [0.29, 0.717) is 0 Å². The molecule has 7 aromatic rings. The van der Waals surface area contributed by atoms with E-state index in [1.807, 2.05) is 0 Å². The monoisotopic (exact) mass is 673 g/mol. The summed E-state index contributed by atoms with van der Waals surface area (Å²) in [5, 5.41) is 2.46. The molecule has 9 rings (SSSR count). The van der Waals surface area contributed by atoms with E-state index < -0.39 is 5.60 Å². The molecule has 1 unspecified atom stereocenters. The summed E-state index contributed by atoms with van der Waals surface area (Å²) in [5.74, 6) is 0.955. The SMILES string of the molecule is CCCCCCc1ccc(C2(c3ccc(N(c4ccccc4)c4ccccc4)cc3)C=Cc3c(C)c4c5c(cccc5c3O2)-c2ccccc2-4)cc1. The van der Waals surface area contributed by atoms with Crippen LogP contribution in [0.3, 0.4) is 0 Å². The van der Waals surface area contributed by atoms with Crippen molar-refractivity contribution in [3.05, 3.63) is 186 Å².